The zero-order valence-corrected chi connectivity index (χ0v) is 15.1. The minimum atomic E-state index is -0.201. The van der Waals surface area contributed by atoms with Crippen molar-refractivity contribution in [3.63, 3.8) is 0 Å². The van der Waals surface area contributed by atoms with E-state index in [-0.39, 0.29) is 35.5 Å². The van der Waals surface area contributed by atoms with Gasteiger partial charge in [-0.15, -0.1) is 0 Å². The van der Waals surface area contributed by atoms with Crippen LogP contribution in [-0.4, -0.2) is 37.1 Å². The quantitative estimate of drug-likeness (QED) is 0.455. The normalized spacial score (nSPS) is 30.7. The van der Waals surface area contributed by atoms with Crippen molar-refractivity contribution in [2.75, 3.05) is 19.0 Å². The summed E-state index contributed by atoms with van der Waals surface area (Å²) < 4.78 is 0.939. The number of hydrogen-bond donors (Lipinski definition) is 0. The molecule has 3 aliphatic rings. The van der Waals surface area contributed by atoms with Gasteiger partial charge >= 0.3 is 0 Å². The first-order valence-electron chi connectivity index (χ1n) is 8.04. The number of halogens is 1. The predicted octanol–water partition coefficient (Wildman–Crippen LogP) is 2.66. The lowest BCUT2D eigenvalue weighted by molar-refractivity contribution is -0.140. The van der Waals surface area contributed by atoms with Crippen molar-refractivity contribution >= 4 is 39.6 Å². The van der Waals surface area contributed by atoms with Crippen LogP contribution in [-0.2, 0) is 9.59 Å². The molecule has 1 aromatic rings. The maximum atomic E-state index is 12.6. The van der Waals surface area contributed by atoms with Crippen molar-refractivity contribution in [3.05, 3.63) is 40.4 Å². The van der Waals surface area contributed by atoms with Crippen molar-refractivity contribution in [1.82, 2.24) is 5.01 Å². The van der Waals surface area contributed by atoms with E-state index in [9.17, 15) is 9.59 Å². The highest BCUT2D eigenvalue weighted by molar-refractivity contribution is 9.10. The van der Waals surface area contributed by atoms with Gasteiger partial charge in [0.25, 0.3) is 11.8 Å². The first kappa shape index (κ1) is 15.6. The maximum Gasteiger partial charge on any atom is 0.254 e. The molecule has 2 aliphatic carbocycles. The van der Waals surface area contributed by atoms with Gasteiger partial charge in [-0.25, -0.2) is 0 Å². The molecular formula is C18H18BrN3O2. The molecule has 0 N–H and O–H groups in total. The van der Waals surface area contributed by atoms with E-state index in [4.69, 9.17) is 0 Å². The minimum Gasteiger partial charge on any atom is -0.377 e. The average Bonchev–Trinajstić information content (AvgIpc) is 3.20. The van der Waals surface area contributed by atoms with Gasteiger partial charge in [0, 0.05) is 18.6 Å². The van der Waals surface area contributed by atoms with Gasteiger partial charge in [0.15, 0.2) is 0 Å². The summed E-state index contributed by atoms with van der Waals surface area (Å²) in [4.78, 5) is 27.1. The van der Waals surface area contributed by atoms with Gasteiger partial charge in [-0.3, -0.25) is 9.59 Å². The van der Waals surface area contributed by atoms with Crippen LogP contribution >= 0.6 is 15.9 Å². The lowest BCUT2D eigenvalue weighted by Crippen LogP contribution is -2.28. The van der Waals surface area contributed by atoms with E-state index in [0.717, 1.165) is 27.2 Å². The molecule has 5 nitrogen and oxygen atoms in total. The fraction of sp³-hybridized carbons (Fsp3) is 0.389. The Morgan fingerprint density at radius 2 is 1.79 bits per heavy atom. The van der Waals surface area contributed by atoms with E-state index in [2.05, 4.69) is 33.2 Å². The molecular weight excluding hydrogens is 370 g/mol. The Hall–Kier alpha value is -1.95. The van der Waals surface area contributed by atoms with Crippen LogP contribution in [0.3, 0.4) is 0 Å². The van der Waals surface area contributed by atoms with E-state index in [1.165, 1.54) is 0 Å². The summed E-state index contributed by atoms with van der Waals surface area (Å²) in [5, 5.41) is 5.28. The van der Waals surface area contributed by atoms with Crippen LogP contribution < -0.4 is 4.90 Å². The smallest absolute Gasteiger partial charge is 0.254 e. The van der Waals surface area contributed by atoms with Crippen LogP contribution in [0, 0.1) is 23.7 Å². The van der Waals surface area contributed by atoms with Gasteiger partial charge in [0.2, 0.25) is 0 Å². The number of carbonyl (C=O) groups excluding carboxylic acids is 2. The zero-order chi connectivity index (χ0) is 17.0. The fourth-order valence-corrected chi connectivity index (χ4v) is 4.84. The van der Waals surface area contributed by atoms with Crippen LogP contribution in [0.4, 0.5) is 5.69 Å². The number of nitrogens with zero attached hydrogens (tertiary/aromatic N) is 3. The first-order valence-corrected chi connectivity index (χ1v) is 8.83. The summed E-state index contributed by atoms with van der Waals surface area (Å²) in [7, 11) is 3.94. The SMILES string of the molecule is CN(C)c1ccc(/C=N\N2C(=O)[C@@H]3[C@@H](C2=O)[C@H]2C=C[C@@H]3C2)cc1Br. The van der Waals surface area contributed by atoms with E-state index in [0.29, 0.717) is 0 Å². The van der Waals surface area contributed by atoms with E-state index < -0.39 is 0 Å². The highest BCUT2D eigenvalue weighted by Crippen LogP contribution is 2.52. The molecule has 2 bridgehead atoms. The van der Waals surface area contributed by atoms with Crippen LogP contribution in [0.5, 0.6) is 0 Å². The molecule has 1 saturated heterocycles. The standard InChI is InChI=1S/C18H18BrN3O2/c1-21(2)14-6-3-10(7-13(14)19)9-20-22-17(23)15-11-4-5-12(8-11)16(15)18(22)24/h3-7,9,11-12,15-16H,8H2,1-2H3/b20-9-/t11-,12+,15-,16-/m0/s1. The molecule has 0 radical (unpaired) electrons. The second-order valence-electron chi connectivity index (χ2n) is 6.84. The molecule has 0 spiro atoms. The summed E-state index contributed by atoms with van der Waals surface area (Å²) in [5.41, 5.74) is 1.89. The van der Waals surface area contributed by atoms with Crippen molar-refractivity contribution < 1.29 is 9.59 Å². The molecule has 0 aromatic heterocycles. The molecule has 2 amide bonds. The Labute approximate surface area is 149 Å². The number of rotatable bonds is 3. The Morgan fingerprint density at radius 1 is 1.17 bits per heavy atom. The molecule has 2 fully saturated rings. The minimum absolute atomic E-state index is 0.151. The highest BCUT2D eigenvalue weighted by atomic mass is 79.9. The fourth-order valence-electron chi connectivity index (χ4n) is 4.09. The van der Waals surface area contributed by atoms with Gasteiger partial charge in [0.1, 0.15) is 0 Å². The van der Waals surface area contributed by atoms with E-state index in [1.807, 2.05) is 37.2 Å². The molecule has 124 valence electrons. The summed E-state index contributed by atoms with van der Waals surface area (Å²) in [6, 6.07) is 5.81. The number of hydrogen-bond acceptors (Lipinski definition) is 4. The number of benzene rings is 1. The molecule has 4 atom stereocenters. The number of carbonyl (C=O) groups is 2. The number of anilines is 1. The van der Waals surface area contributed by atoms with Crippen molar-refractivity contribution in [1.29, 1.82) is 0 Å². The van der Waals surface area contributed by atoms with Crippen molar-refractivity contribution in [2.45, 2.75) is 6.42 Å². The molecule has 6 heteroatoms. The average molecular weight is 388 g/mol. The summed E-state index contributed by atoms with van der Waals surface area (Å²) in [6.45, 7) is 0. The lowest BCUT2D eigenvalue weighted by atomic mass is 9.85. The number of imide groups is 1. The molecule has 0 unspecified atom stereocenters. The summed E-state index contributed by atoms with van der Waals surface area (Å²) >= 11 is 3.53. The second-order valence-corrected chi connectivity index (χ2v) is 7.69. The third kappa shape index (κ3) is 2.24. The van der Waals surface area contributed by atoms with Gasteiger partial charge < -0.3 is 4.90 Å². The molecule has 1 heterocycles. The highest BCUT2D eigenvalue weighted by Gasteiger charge is 2.59. The maximum absolute atomic E-state index is 12.6. The van der Waals surface area contributed by atoms with Gasteiger partial charge in [-0.05, 0) is 51.9 Å². The molecule has 1 saturated carbocycles. The third-order valence-electron chi connectivity index (χ3n) is 5.22. The molecule has 1 aromatic carbocycles. The van der Waals surface area contributed by atoms with Crippen LogP contribution in [0.1, 0.15) is 12.0 Å². The largest absolute Gasteiger partial charge is 0.377 e. The van der Waals surface area contributed by atoms with Crippen LogP contribution in [0.2, 0.25) is 0 Å². The Bertz CT molecular complexity index is 756. The predicted molar refractivity (Wildman–Crippen MR) is 95.6 cm³/mol. The molecule has 1 aliphatic heterocycles. The lowest BCUT2D eigenvalue weighted by Gasteiger charge is -2.15. The topological polar surface area (TPSA) is 53.0 Å². The van der Waals surface area contributed by atoms with Crippen LogP contribution in [0.25, 0.3) is 0 Å². The number of fused-ring (bicyclic) bond motifs is 5. The van der Waals surface area contributed by atoms with Gasteiger partial charge in [-0.2, -0.15) is 10.1 Å². The van der Waals surface area contributed by atoms with Crippen molar-refractivity contribution in [2.24, 2.45) is 28.8 Å². The monoisotopic (exact) mass is 387 g/mol. The summed E-state index contributed by atoms with van der Waals surface area (Å²) in [5.74, 6) is -0.278. The molecule has 24 heavy (non-hydrogen) atoms. The third-order valence-corrected chi connectivity index (χ3v) is 5.86. The zero-order valence-electron chi connectivity index (χ0n) is 13.5. The van der Waals surface area contributed by atoms with Gasteiger partial charge in [-0.1, -0.05) is 18.2 Å². The van der Waals surface area contributed by atoms with Crippen molar-refractivity contribution in [3.8, 4) is 0 Å². The summed E-state index contributed by atoms with van der Waals surface area (Å²) in [6.07, 6.45) is 6.68. The van der Waals surface area contributed by atoms with Crippen LogP contribution in [0.15, 0.2) is 39.9 Å². The number of amides is 2. The Balaban J connectivity index is 1.56. The van der Waals surface area contributed by atoms with E-state index in [1.54, 1.807) is 6.21 Å². The Morgan fingerprint density at radius 3 is 2.33 bits per heavy atom. The number of allylic oxidation sites excluding steroid dienone is 2. The van der Waals surface area contributed by atoms with E-state index >= 15 is 0 Å². The molecule has 4 rings (SSSR count). The van der Waals surface area contributed by atoms with Gasteiger partial charge in [0.05, 0.1) is 23.7 Å². The number of hydrazone groups is 1. The Kier molecular flexibility index (Phi) is 3.60. The second kappa shape index (κ2) is 5.55. The first-order chi connectivity index (χ1) is 11.5.